The van der Waals surface area contributed by atoms with Crippen molar-refractivity contribution in [3.8, 4) is 0 Å². The summed E-state index contributed by atoms with van der Waals surface area (Å²) in [4.78, 5) is 34.1. The molecule has 0 aromatic heterocycles. The molecule has 2 rings (SSSR count). The second-order valence-corrected chi connectivity index (χ2v) is 6.51. The first-order chi connectivity index (χ1) is 12.1. The van der Waals surface area contributed by atoms with Crippen LogP contribution in [0.2, 0.25) is 0 Å². The van der Waals surface area contributed by atoms with Gasteiger partial charge in [-0.25, -0.2) is 0 Å². The van der Waals surface area contributed by atoms with Crippen LogP contribution in [0.1, 0.15) is 55.3 Å². The third kappa shape index (κ3) is 6.52. The van der Waals surface area contributed by atoms with Crippen LogP contribution in [0.25, 0.3) is 0 Å². The first-order valence-electron chi connectivity index (χ1n) is 8.85. The summed E-state index contributed by atoms with van der Waals surface area (Å²) in [5.41, 5.74) is 0.0170. The van der Waals surface area contributed by atoms with Crippen LogP contribution in [0.3, 0.4) is 0 Å². The van der Waals surface area contributed by atoms with E-state index in [4.69, 9.17) is 0 Å². The standard InChI is InChI=1S/C18H25N3O4/c22-17(19-12-14-7-4-2-1-3-5-8-14)13-20-18(23)15-9-6-10-16(11-15)21(24)25/h6,9-11,14H,1-5,7-8,12-13H2,(H,19,22)(H,20,23). The molecule has 1 fully saturated rings. The summed E-state index contributed by atoms with van der Waals surface area (Å²) >= 11 is 0. The largest absolute Gasteiger partial charge is 0.354 e. The van der Waals surface area contributed by atoms with E-state index in [2.05, 4.69) is 10.6 Å². The van der Waals surface area contributed by atoms with Gasteiger partial charge < -0.3 is 10.6 Å². The second kappa shape index (κ2) is 9.76. The van der Waals surface area contributed by atoms with Crippen molar-refractivity contribution in [2.24, 2.45) is 5.92 Å². The van der Waals surface area contributed by atoms with Crippen molar-refractivity contribution in [1.82, 2.24) is 10.6 Å². The number of benzene rings is 1. The van der Waals surface area contributed by atoms with Gasteiger partial charge in [-0.05, 0) is 24.8 Å². The van der Waals surface area contributed by atoms with Crippen LogP contribution in [0, 0.1) is 16.0 Å². The Morgan fingerprint density at radius 3 is 2.44 bits per heavy atom. The zero-order valence-electron chi connectivity index (χ0n) is 14.3. The molecule has 136 valence electrons. The lowest BCUT2D eigenvalue weighted by atomic mass is 9.91. The zero-order valence-corrected chi connectivity index (χ0v) is 14.3. The number of carbonyl (C=O) groups is 2. The fraction of sp³-hybridized carbons (Fsp3) is 0.556. The van der Waals surface area contributed by atoms with Crippen molar-refractivity contribution in [2.45, 2.75) is 44.9 Å². The summed E-state index contributed by atoms with van der Waals surface area (Å²) in [6, 6.07) is 5.44. The molecule has 0 radical (unpaired) electrons. The highest BCUT2D eigenvalue weighted by Gasteiger charge is 2.14. The molecule has 1 saturated carbocycles. The number of nitrogens with zero attached hydrogens (tertiary/aromatic N) is 1. The average molecular weight is 347 g/mol. The van der Waals surface area contributed by atoms with E-state index in [0.29, 0.717) is 12.5 Å². The predicted octanol–water partition coefficient (Wildman–Crippen LogP) is 2.80. The number of hydrogen-bond acceptors (Lipinski definition) is 4. The van der Waals surface area contributed by atoms with Crippen LogP contribution >= 0.6 is 0 Å². The van der Waals surface area contributed by atoms with Crippen LogP contribution in [0.4, 0.5) is 5.69 Å². The molecule has 25 heavy (non-hydrogen) atoms. The maximum absolute atomic E-state index is 12.0. The van der Waals surface area contributed by atoms with E-state index < -0.39 is 10.8 Å². The molecule has 1 aliphatic rings. The summed E-state index contributed by atoms with van der Waals surface area (Å²) in [7, 11) is 0. The minimum absolute atomic E-state index is 0.131. The molecular formula is C18H25N3O4. The minimum atomic E-state index is -0.557. The van der Waals surface area contributed by atoms with Gasteiger partial charge in [0.1, 0.15) is 0 Å². The molecule has 0 spiro atoms. The molecule has 0 bridgehead atoms. The highest BCUT2D eigenvalue weighted by molar-refractivity contribution is 5.96. The fourth-order valence-corrected chi connectivity index (χ4v) is 3.09. The Hall–Kier alpha value is -2.44. The van der Waals surface area contributed by atoms with Gasteiger partial charge in [0.05, 0.1) is 11.5 Å². The van der Waals surface area contributed by atoms with E-state index in [0.717, 1.165) is 12.8 Å². The Kier molecular flexibility index (Phi) is 7.37. The number of nitro groups is 1. The lowest BCUT2D eigenvalue weighted by Gasteiger charge is -2.20. The van der Waals surface area contributed by atoms with Gasteiger partial charge >= 0.3 is 0 Å². The van der Waals surface area contributed by atoms with Gasteiger partial charge in [-0.2, -0.15) is 0 Å². The average Bonchev–Trinajstić information content (AvgIpc) is 2.58. The quantitative estimate of drug-likeness (QED) is 0.610. The van der Waals surface area contributed by atoms with E-state index >= 15 is 0 Å². The number of nitrogens with one attached hydrogen (secondary N) is 2. The lowest BCUT2D eigenvalue weighted by molar-refractivity contribution is -0.384. The van der Waals surface area contributed by atoms with Crippen molar-refractivity contribution >= 4 is 17.5 Å². The van der Waals surface area contributed by atoms with Crippen LogP contribution in [0.15, 0.2) is 24.3 Å². The molecule has 7 heteroatoms. The minimum Gasteiger partial charge on any atom is -0.354 e. The first kappa shape index (κ1) is 18.9. The van der Waals surface area contributed by atoms with Gasteiger partial charge in [-0.15, -0.1) is 0 Å². The normalized spacial score (nSPS) is 15.7. The molecule has 0 saturated heterocycles. The smallest absolute Gasteiger partial charge is 0.270 e. The SMILES string of the molecule is O=C(CNC(=O)c1cccc([N+](=O)[O-])c1)NCC1CCCCCCC1. The van der Waals surface area contributed by atoms with Crippen LogP contribution < -0.4 is 10.6 Å². The van der Waals surface area contributed by atoms with Crippen molar-refractivity contribution < 1.29 is 14.5 Å². The molecule has 1 aliphatic carbocycles. The molecule has 0 unspecified atom stereocenters. The molecule has 0 atom stereocenters. The molecule has 2 N–H and O–H groups in total. The summed E-state index contributed by atoms with van der Waals surface area (Å²) in [5.74, 6) is -0.220. The maximum Gasteiger partial charge on any atom is 0.270 e. The third-order valence-electron chi connectivity index (χ3n) is 4.54. The fourth-order valence-electron chi connectivity index (χ4n) is 3.09. The second-order valence-electron chi connectivity index (χ2n) is 6.51. The Morgan fingerprint density at radius 1 is 1.08 bits per heavy atom. The monoisotopic (exact) mass is 347 g/mol. The molecule has 7 nitrogen and oxygen atoms in total. The summed E-state index contributed by atoms with van der Waals surface area (Å²) in [6.07, 6.45) is 8.55. The lowest BCUT2D eigenvalue weighted by Crippen LogP contribution is -2.39. The molecule has 2 amide bonds. The van der Waals surface area contributed by atoms with Crippen molar-refractivity contribution in [1.29, 1.82) is 0 Å². The number of non-ortho nitro benzene ring substituents is 1. The van der Waals surface area contributed by atoms with Gasteiger partial charge in [-0.3, -0.25) is 19.7 Å². The Morgan fingerprint density at radius 2 is 1.76 bits per heavy atom. The third-order valence-corrected chi connectivity index (χ3v) is 4.54. The molecule has 1 aromatic rings. The van der Waals surface area contributed by atoms with Crippen LogP contribution in [-0.4, -0.2) is 29.8 Å². The van der Waals surface area contributed by atoms with E-state index in [1.807, 2.05) is 0 Å². The van der Waals surface area contributed by atoms with Crippen LogP contribution in [-0.2, 0) is 4.79 Å². The van der Waals surface area contributed by atoms with Gasteiger partial charge in [0.15, 0.2) is 0 Å². The number of amides is 2. The van der Waals surface area contributed by atoms with Crippen molar-refractivity contribution in [3.63, 3.8) is 0 Å². The van der Waals surface area contributed by atoms with E-state index in [9.17, 15) is 19.7 Å². The van der Waals surface area contributed by atoms with Gasteiger partial charge in [0, 0.05) is 24.2 Å². The highest BCUT2D eigenvalue weighted by atomic mass is 16.6. The predicted molar refractivity (Wildman–Crippen MR) is 94.2 cm³/mol. The van der Waals surface area contributed by atoms with E-state index in [-0.39, 0.29) is 23.7 Å². The first-order valence-corrected chi connectivity index (χ1v) is 8.85. The van der Waals surface area contributed by atoms with Crippen LogP contribution in [0.5, 0.6) is 0 Å². The number of carbonyl (C=O) groups excluding carboxylic acids is 2. The Bertz CT molecular complexity index is 610. The number of rotatable bonds is 6. The molecular weight excluding hydrogens is 322 g/mol. The van der Waals surface area contributed by atoms with Gasteiger partial charge in [0.25, 0.3) is 11.6 Å². The Labute approximate surface area is 147 Å². The Balaban J connectivity index is 1.74. The molecule has 0 aliphatic heterocycles. The maximum atomic E-state index is 12.0. The number of nitro benzene ring substituents is 1. The van der Waals surface area contributed by atoms with E-state index in [1.54, 1.807) is 0 Å². The van der Waals surface area contributed by atoms with Crippen molar-refractivity contribution in [2.75, 3.05) is 13.1 Å². The van der Waals surface area contributed by atoms with Gasteiger partial charge in [0.2, 0.25) is 5.91 Å². The highest BCUT2D eigenvalue weighted by Crippen LogP contribution is 2.21. The summed E-state index contributed by atoms with van der Waals surface area (Å²) in [6.45, 7) is 0.514. The van der Waals surface area contributed by atoms with Crippen molar-refractivity contribution in [3.05, 3.63) is 39.9 Å². The van der Waals surface area contributed by atoms with E-state index in [1.165, 1.54) is 56.4 Å². The summed E-state index contributed by atoms with van der Waals surface area (Å²) in [5, 5.41) is 16.1. The molecule has 0 heterocycles. The van der Waals surface area contributed by atoms with Gasteiger partial charge in [-0.1, -0.05) is 38.2 Å². The number of hydrogen-bond donors (Lipinski definition) is 2. The zero-order chi connectivity index (χ0) is 18.1. The molecule has 1 aromatic carbocycles. The summed E-state index contributed by atoms with van der Waals surface area (Å²) < 4.78 is 0. The topological polar surface area (TPSA) is 101 Å².